The molecule has 1 aromatic heterocycles. The highest BCUT2D eigenvalue weighted by Crippen LogP contribution is 2.25. The van der Waals surface area contributed by atoms with E-state index in [0.717, 1.165) is 50.1 Å². The minimum absolute atomic E-state index is 0. The van der Waals surface area contributed by atoms with E-state index in [1.54, 1.807) is 12.4 Å². The van der Waals surface area contributed by atoms with Crippen molar-refractivity contribution in [3.05, 3.63) is 59.7 Å². The van der Waals surface area contributed by atoms with Gasteiger partial charge in [-0.15, -0.1) is 0 Å². The first-order valence-corrected chi connectivity index (χ1v) is 9.50. The Balaban J connectivity index is 0.00000210. The van der Waals surface area contributed by atoms with Gasteiger partial charge < -0.3 is 15.1 Å². The zero-order chi connectivity index (χ0) is 17.9. The van der Waals surface area contributed by atoms with Crippen LogP contribution in [0.2, 0.25) is 0 Å². The van der Waals surface area contributed by atoms with Crippen LogP contribution in [0.25, 0.3) is 11.0 Å². The molecule has 26 heavy (non-hydrogen) atoms. The lowest BCUT2D eigenvalue weighted by Gasteiger charge is -2.42. The summed E-state index contributed by atoms with van der Waals surface area (Å²) in [5, 5.41) is 3.67. The topological polar surface area (TPSA) is 44.3 Å². The van der Waals surface area contributed by atoms with E-state index in [4.69, 9.17) is 0 Å². The number of fused-ring (bicyclic) bond motifs is 1. The van der Waals surface area contributed by atoms with Crippen molar-refractivity contribution >= 4 is 11.0 Å². The molecule has 5 heteroatoms. The normalized spacial score (nSPS) is 21.5. The second-order valence-corrected chi connectivity index (χ2v) is 7.32. The SMILES string of the molecule is C[C@@H]1CN(C)CCN1C1=CCCC=C1NCc1ccc2nccnc2c1.[HH]. The highest BCUT2D eigenvalue weighted by atomic mass is 15.3. The number of hydrogen-bond donors (Lipinski definition) is 1. The molecule has 4 rings (SSSR count). The maximum atomic E-state index is 4.41. The summed E-state index contributed by atoms with van der Waals surface area (Å²) in [5.74, 6) is 0. The molecule has 0 spiro atoms. The minimum atomic E-state index is 0. The Bertz CT molecular complexity index is 847. The van der Waals surface area contributed by atoms with E-state index < -0.39 is 0 Å². The zero-order valence-electron chi connectivity index (χ0n) is 15.7. The van der Waals surface area contributed by atoms with Crippen molar-refractivity contribution in [3.8, 4) is 0 Å². The maximum Gasteiger partial charge on any atom is 0.0890 e. The van der Waals surface area contributed by atoms with E-state index in [-0.39, 0.29) is 1.43 Å². The van der Waals surface area contributed by atoms with Crippen molar-refractivity contribution < 1.29 is 1.43 Å². The van der Waals surface area contributed by atoms with Gasteiger partial charge in [-0.2, -0.15) is 0 Å². The number of allylic oxidation sites excluding steroid dienone is 2. The van der Waals surface area contributed by atoms with Crippen molar-refractivity contribution in [1.82, 2.24) is 25.1 Å². The third-order valence-corrected chi connectivity index (χ3v) is 5.29. The second kappa shape index (κ2) is 7.46. The van der Waals surface area contributed by atoms with E-state index in [9.17, 15) is 0 Å². The van der Waals surface area contributed by atoms with Crippen molar-refractivity contribution in [2.24, 2.45) is 0 Å². The fraction of sp³-hybridized carbons (Fsp3) is 0.429. The fourth-order valence-corrected chi connectivity index (χ4v) is 3.91. The molecule has 1 aliphatic carbocycles. The largest absolute Gasteiger partial charge is 0.380 e. The number of aromatic nitrogens is 2. The summed E-state index contributed by atoms with van der Waals surface area (Å²) in [4.78, 5) is 13.7. The Morgan fingerprint density at radius 1 is 1.12 bits per heavy atom. The van der Waals surface area contributed by atoms with Crippen LogP contribution in [0.5, 0.6) is 0 Å². The second-order valence-electron chi connectivity index (χ2n) is 7.32. The van der Waals surface area contributed by atoms with Gasteiger partial charge in [-0.1, -0.05) is 18.2 Å². The minimum Gasteiger partial charge on any atom is -0.380 e. The standard InChI is InChI=1S/C21H27N5.H2/c1-16-15-25(2)11-12-26(16)21-6-4-3-5-19(21)24-14-17-7-8-18-20(13-17)23-10-9-22-18;/h5-10,13,16,24H,3-4,11-12,14-15H2,1-2H3;1H/t16-;/m1./s1. The summed E-state index contributed by atoms with van der Waals surface area (Å²) in [6.07, 6.45) is 10.5. The van der Waals surface area contributed by atoms with Gasteiger partial charge in [0, 0.05) is 46.0 Å². The molecular formula is C21H29N5. The van der Waals surface area contributed by atoms with Crippen LogP contribution < -0.4 is 5.32 Å². The molecule has 5 nitrogen and oxygen atoms in total. The molecule has 0 radical (unpaired) electrons. The smallest absolute Gasteiger partial charge is 0.0890 e. The Kier molecular flexibility index (Phi) is 4.89. The molecule has 0 unspecified atom stereocenters. The number of benzene rings is 1. The lowest BCUT2D eigenvalue weighted by atomic mass is 10.0. The third-order valence-electron chi connectivity index (χ3n) is 5.29. The van der Waals surface area contributed by atoms with Crippen molar-refractivity contribution in [3.63, 3.8) is 0 Å². The molecule has 1 aliphatic heterocycles. The Morgan fingerprint density at radius 3 is 2.77 bits per heavy atom. The molecule has 0 bridgehead atoms. The first-order valence-electron chi connectivity index (χ1n) is 9.50. The van der Waals surface area contributed by atoms with Crippen LogP contribution in [0, 0.1) is 0 Å². The van der Waals surface area contributed by atoms with Crippen LogP contribution in [0.15, 0.2) is 54.1 Å². The van der Waals surface area contributed by atoms with E-state index in [0.29, 0.717) is 6.04 Å². The zero-order valence-corrected chi connectivity index (χ0v) is 15.7. The predicted octanol–water partition coefficient (Wildman–Crippen LogP) is 3.16. The average molecular weight is 351 g/mol. The highest BCUT2D eigenvalue weighted by Gasteiger charge is 2.25. The molecule has 2 heterocycles. The Morgan fingerprint density at radius 2 is 1.92 bits per heavy atom. The lowest BCUT2D eigenvalue weighted by molar-refractivity contribution is 0.132. The van der Waals surface area contributed by atoms with E-state index in [2.05, 4.69) is 63.3 Å². The number of nitrogens with one attached hydrogen (secondary N) is 1. The summed E-state index contributed by atoms with van der Waals surface area (Å²) in [7, 11) is 2.21. The van der Waals surface area contributed by atoms with Gasteiger partial charge in [-0.3, -0.25) is 9.97 Å². The summed E-state index contributed by atoms with van der Waals surface area (Å²) in [5.41, 5.74) is 5.77. The monoisotopic (exact) mass is 351 g/mol. The predicted molar refractivity (Wildman–Crippen MR) is 108 cm³/mol. The van der Waals surface area contributed by atoms with Gasteiger partial charge in [0.15, 0.2) is 0 Å². The average Bonchev–Trinajstić information content (AvgIpc) is 2.67. The van der Waals surface area contributed by atoms with Gasteiger partial charge in [0.25, 0.3) is 0 Å². The van der Waals surface area contributed by atoms with Crippen molar-refractivity contribution in [2.45, 2.75) is 32.4 Å². The molecule has 2 aliphatic rings. The number of hydrogen-bond acceptors (Lipinski definition) is 5. The van der Waals surface area contributed by atoms with Crippen LogP contribution in [0.1, 0.15) is 26.8 Å². The van der Waals surface area contributed by atoms with Gasteiger partial charge in [0.05, 0.1) is 22.4 Å². The first-order chi connectivity index (χ1) is 12.7. The van der Waals surface area contributed by atoms with Crippen LogP contribution in [0.3, 0.4) is 0 Å². The molecule has 2 aromatic rings. The van der Waals surface area contributed by atoms with Crippen LogP contribution in [-0.2, 0) is 6.54 Å². The van der Waals surface area contributed by atoms with Crippen LogP contribution in [-0.4, -0.2) is 52.5 Å². The summed E-state index contributed by atoms with van der Waals surface area (Å²) in [6, 6.07) is 6.85. The van der Waals surface area contributed by atoms with Gasteiger partial charge in [0.1, 0.15) is 0 Å². The third kappa shape index (κ3) is 3.58. The molecular weight excluding hydrogens is 322 g/mol. The van der Waals surface area contributed by atoms with E-state index >= 15 is 0 Å². The molecule has 0 amide bonds. The molecule has 1 N–H and O–H groups in total. The van der Waals surface area contributed by atoms with Gasteiger partial charge in [-0.25, -0.2) is 0 Å². The molecule has 1 saturated heterocycles. The van der Waals surface area contributed by atoms with E-state index in [1.165, 1.54) is 17.0 Å². The fourth-order valence-electron chi connectivity index (χ4n) is 3.91. The van der Waals surface area contributed by atoms with Gasteiger partial charge in [-0.05, 0) is 44.5 Å². The molecule has 1 aromatic carbocycles. The number of nitrogens with zero attached hydrogens (tertiary/aromatic N) is 4. The van der Waals surface area contributed by atoms with Gasteiger partial charge >= 0.3 is 0 Å². The van der Waals surface area contributed by atoms with Crippen LogP contribution in [0.4, 0.5) is 0 Å². The number of piperazine rings is 1. The maximum absolute atomic E-state index is 4.41. The number of likely N-dealkylation sites (N-methyl/N-ethyl adjacent to an activating group) is 1. The van der Waals surface area contributed by atoms with Crippen molar-refractivity contribution in [1.29, 1.82) is 0 Å². The lowest BCUT2D eigenvalue weighted by Crippen LogP contribution is -2.50. The Labute approximate surface area is 156 Å². The van der Waals surface area contributed by atoms with Gasteiger partial charge in [0.2, 0.25) is 0 Å². The van der Waals surface area contributed by atoms with Crippen LogP contribution >= 0.6 is 0 Å². The Hall–Kier alpha value is -2.40. The highest BCUT2D eigenvalue weighted by molar-refractivity contribution is 5.74. The van der Waals surface area contributed by atoms with E-state index in [1.807, 2.05) is 6.07 Å². The summed E-state index contributed by atoms with van der Waals surface area (Å²) in [6.45, 7) is 6.46. The summed E-state index contributed by atoms with van der Waals surface area (Å²) >= 11 is 0. The molecule has 1 fully saturated rings. The first kappa shape index (κ1) is 17.0. The quantitative estimate of drug-likeness (QED) is 0.917. The molecule has 1 atom stereocenters. The summed E-state index contributed by atoms with van der Waals surface area (Å²) < 4.78 is 0. The molecule has 138 valence electrons. The molecule has 0 saturated carbocycles. The van der Waals surface area contributed by atoms with Crippen molar-refractivity contribution in [2.75, 3.05) is 26.7 Å². The number of rotatable bonds is 4.